The molecule has 0 saturated carbocycles. The molecule has 0 aliphatic heterocycles. The highest BCUT2D eigenvalue weighted by molar-refractivity contribution is 5.66. The molecule has 2 nitrogen and oxygen atoms in total. The van der Waals surface area contributed by atoms with Gasteiger partial charge in [0.1, 0.15) is 0 Å². The number of hydrogen-bond acceptors (Lipinski definition) is 2. The van der Waals surface area contributed by atoms with Crippen LogP contribution in [0.25, 0.3) is 0 Å². The topological polar surface area (TPSA) is 23.5 Å². The Kier molecular flexibility index (Phi) is 3.99. The molecule has 0 heterocycles. The predicted molar refractivity (Wildman–Crippen MR) is 71.9 cm³/mol. The number of alkyl halides is 3. The second-order valence-corrected chi connectivity index (χ2v) is 4.40. The average Bonchev–Trinajstić information content (AvgIpc) is 2.46. The van der Waals surface area contributed by atoms with E-state index in [4.69, 9.17) is 5.11 Å². The molecule has 2 aromatic carbocycles. The van der Waals surface area contributed by atoms with Crippen LogP contribution < -0.4 is 4.90 Å². The van der Waals surface area contributed by atoms with Crippen molar-refractivity contribution >= 4 is 11.4 Å². The molecule has 0 amide bonds. The van der Waals surface area contributed by atoms with Crippen LogP contribution in [0.3, 0.4) is 0 Å². The number of para-hydroxylation sites is 1. The molecule has 0 saturated heterocycles. The van der Waals surface area contributed by atoms with Gasteiger partial charge in [-0.15, -0.1) is 0 Å². The summed E-state index contributed by atoms with van der Waals surface area (Å²) in [6.45, 7) is -0.418. The molecule has 2 aromatic rings. The Morgan fingerprint density at radius 1 is 1.05 bits per heavy atom. The van der Waals surface area contributed by atoms with E-state index in [0.29, 0.717) is 5.69 Å². The normalized spacial score (nSPS) is 11.4. The fourth-order valence-corrected chi connectivity index (χ4v) is 1.99. The lowest BCUT2D eigenvalue weighted by Crippen LogP contribution is -2.17. The Bertz CT molecular complexity index is 581. The van der Waals surface area contributed by atoms with Crippen molar-refractivity contribution in [3.63, 3.8) is 0 Å². The summed E-state index contributed by atoms with van der Waals surface area (Å²) in [5.41, 5.74) is 0.202. The van der Waals surface area contributed by atoms with E-state index in [-0.39, 0.29) is 11.3 Å². The zero-order valence-electron chi connectivity index (χ0n) is 10.9. The molecule has 0 aromatic heterocycles. The van der Waals surface area contributed by atoms with Gasteiger partial charge < -0.3 is 10.0 Å². The molecule has 0 unspecified atom stereocenters. The fourth-order valence-electron chi connectivity index (χ4n) is 1.99. The van der Waals surface area contributed by atoms with E-state index < -0.39 is 18.3 Å². The molecule has 20 heavy (non-hydrogen) atoms. The van der Waals surface area contributed by atoms with Crippen LogP contribution in [0.1, 0.15) is 11.1 Å². The molecule has 2 rings (SSSR count). The van der Waals surface area contributed by atoms with E-state index in [1.165, 1.54) is 17.0 Å². The first-order chi connectivity index (χ1) is 9.43. The van der Waals surface area contributed by atoms with Crippen molar-refractivity contribution < 1.29 is 18.3 Å². The third-order valence-electron chi connectivity index (χ3n) is 3.05. The van der Waals surface area contributed by atoms with Crippen LogP contribution in [0.2, 0.25) is 0 Å². The molecule has 0 aliphatic carbocycles. The first-order valence-electron chi connectivity index (χ1n) is 6.03. The number of aliphatic hydroxyl groups is 1. The van der Waals surface area contributed by atoms with E-state index in [1.54, 1.807) is 37.4 Å². The van der Waals surface area contributed by atoms with E-state index in [2.05, 4.69) is 0 Å². The highest BCUT2D eigenvalue weighted by Crippen LogP contribution is 2.39. The highest BCUT2D eigenvalue weighted by Gasteiger charge is 2.34. The molecule has 0 aliphatic rings. The Hall–Kier alpha value is -2.01. The molecule has 0 spiro atoms. The minimum Gasteiger partial charge on any atom is -0.392 e. The van der Waals surface area contributed by atoms with E-state index in [9.17, 15) is 13.2 Å². The minimum absolute atomic E-state index is 0.0564. The van der Waals surface area contributed by atoms with Crippen LogP contribution in [0.15, 0.2) is 48.5 Å². The van der Waals surface area contributed by atoms with E-state index in [1.807, 2.05) is 0 Å². The lowest BCUT2D eigenvalue weighted by Gasteiger charge is -2.24. The Labute approximate surface area is 115 Å². The largest absolute Gasteiger partial charge is 0.418 e. The van der Waals surface area contributed by atoms with Crippen molar-refractivity contribution in [3.8, 4) is 0 Å². The summed E-state index contributed by atoms with van der Waals surface area (Å²) in [5.74, 6) is 0. The average molecular weight is 281 g/mol. The predicted octanol–water partition coefficient (Wildman–Crippen LogP) is 3.97. The van der Waals surface area contributed by atoms with Crippen LogP contribution >= 0.6 is 0 Å². The maximum atomic E-state index is 13.1. The maximum Gasteiger partial charge on any atom is 0.418 e. The molecule has 5 heteroatoms. The molecule has 0 radical (unpaired) electrons. The molecule has 1 N–H and O–H groups in total. The molecule has 106 valence electrons. The Morgan fingerprint density at radius 3 is 2.25 bits per heavy atom. The number of benzene rings is 2. The van der Waals surface area contributed by atoms with E-state index >= 15 is 0 Å². The van der Waals surface area contributed by atoms with Gasteiger partial charge >= 0.3 is 6.18 Å². The first-order valence-corrected chi connectivity index (χ1v) is 6.03. The summed E-state index contributed by atoms with van der Waals surface area (Å²) in [6.07, 6.45) is -4.47. The first kappa shape index (κ1) is 14.4. The smallest absolute Gasteiger partial charge is 0.392 e. The van der Waals surface area contributed by atoms with Crippen LogP contribution in [-0.2, 0) is 12.8 Å². The summed E-state index contributed by atoms with van der Waals surface area (Å²) >= 11 is 0. The third kappa shape index (κ3) is 2.93. The molecule has 0 atom stereocenters. The fraction of sp³-hybridized carbons (Fsp3) is 0.200. The van der Waals surface area contributed by atoms with Crippen LogP contribution in [-0.4, -0.2) is 12.2 Å². The molecular weight excluding hydrogens is 267 g/mol. The Morgan fingerprint density at radius 2 is 1.70 bits per heavy atom. The van der Waals surface area contributed by atoms with Crippen molar-refractivity contribution in [2.75, 3.05) is 11.9 Å². The zero-order valence-corrected chi connectivity index (χ0v) is 10.9. The van der Waals surface area contributed by atoms with E-state index in [0.717, 1.165) is 6.07 Å². The van der Waals surface area contributed by atoms with Gasteiger partial charge in [-0.1, -0.05) is 24.3 Å². The van der Waals surface area contributed by atoms with Gasteiger partial charge in [0.2, 0.25) is 0 Å². The van der Waals surface area contributed by atoms with Crippen molar-refractivity contribution in [2.24, 2.45) is 0 Å². The number of anilines is 2. The standard InChI is InChI=1S/C15H14F3NO/c1-19(12-5-3-2-4-6-12)14-8-7-11(10-20)9-13(14)15(16,17)18/h2-9,20H,10H2,1H3. The van der Waals surface area contributed by atoms with Crippen molar-refractivity contribution in [2.45, 2.75) is 12.8 Å². The SMILES string of the molecule is CN(c1ccccc1)c1ccc(CO)cc1C(F)(F)F. The minimum atomic E-state index is -4.47. The molecular formula is C15H14F3NO. The summed E-state index contributed by atoms with van der Waals surface area (Å²) in [6, 6.07) is 12.7. The summed E-state index contributed by atoms with van der Waals surface area (Å²) < 4.78 is 39.4. The molecule has 0 bridgehead atoms. The number of halogens is 3. The second-order valence-electron chi connectivity index (χ2n) is 4.40. The van der Waals surface area contributed by atoms with Gasteiger partial charge in [0, 0.05) is 12.7 Å². The summed E-state index contributed by atoms with van der Waals surface area (Å²) in [5, 5.41) is 8.99. The molecule has 0 fully saturated rings. The number of aliphatic hydroxyl groups excluding tert-OH is 1. The number of hydrogen-bond donors (Lipinski definition) is 1. The van der Waals surface area contributed by atoms with Crippen molar-refractivity contribution in [1.29, 1.82) is 0 Å². The van der Waals surface area contributed by atoms with Gasteiger partial charge in [-0.25, -0.2) is 0 Å². The highest BCUT2D eigenvalue weighted by atomic mass is 19.4. The van der Waals surface area contributed by atoms with Gasteiger partial charge in [0.15, 0.2) is 0 Å². The van der Waals surface area contributed by atoms with Crippen molar-refractivity contribution in [1.82, 2.24) is 0 Å². The van der Waals surface area contributed by atoms with Gasteiger partial charge in [-0.3, -0.25) is 0 Å². The Balaban J connectivity index is 2.51. The van der Waals surface area contributed by atoms with Gasteiger partial charge in [-0.05, 0) is 29.8 Å². The van der Waals surface area contributed by atoms with Crippen LogP contribution in [0.4, 0.5) is 24.5 Å². The monoisotopic (exact) mass is 281 g/mol. The summed E-state index contributed by atoms with van der Waals surface area (Å²) in [4.78, 5) is 1.48. The lowest BCUT2D eigenvalue weighted by molar-refractivity contribution is -0.137. The van der Waals surface area contributed by atoms with Crippen LogP contribution in [0.5, 0.6) is 0 Å². The van der Waals surface area contributed by atoms with Crippen molar-refractivity contribution in [3.05, 3.63) is 59.7 Å². The van der Waals surface area contributed by atoms with Crippen LogP contribution in [0, 0.1) is 0 Å². The van der Waals surface area contributed by atoms with Gasteiger partial charge in [0.05, 0.1) is 17.9 Å². The zero-order chi connectivity index (χ0) is 14.8. The quantitative estimate of drug-likeness (QED) is 0.920. The van der Waals surface area contributed by atoms with Gasteiger partial charge in [0.25, 0.3) is 0 Å². The van der Waals surface area contributed by atoms with Gasteiger partial charge in [-0.2, -0.15) is 13.2 Å². The number of rotatable bonds is 3. The lowest BCUT2D eigenvalue weighted by atomic mass is 10.1. The second kappa shape index (κ2) is 5.54. The summed E-state index contributed by atoms with van der Waals surface area (Å²) in [7, 11) is 1.58. The third-order valence-corrected chi connectivity index (χ3v) is 3.05. The number of nitrogens with zero attached hydrogens (tertiary/aromatic N) is 1. The maximum absolute atomic E-state index is 13.1.